The standard InChI is InChI=1S/C10H17N3OS/c11-5-3-1-2-4-10(14)13-7-9-6-12-8-15-9/h6,8H,1-5,7,11H2,(H,13,14). The van der Waals surface area contributed by atoms with Crippen molar-refractivity contribution in [2.24, 2.45) is 5.73 Å². The minimum atomic E-state index is 0.112. The van der Waals surface area contributed by atoms with Crippen LogP contribution in [-0.4, -0.2) is 17.4 Å². The zero-order valence-corrected chi connectivity index (χ0v) is 9.55. The third-order valence-corrected chi connectivity index (χ3v) is 2.83. The molecule has 1 heterocycles. The first kappa shape index (κ1) is 12.1. The van der Waals surface area contributed by atoms with Crippen molar-refractivity contribution in [3.05, 3.63) is 16.6 Å². The molecule has 3 N–H and O–H groups in total. The highest BCUT2D eigenvalue weighted by atomic mass is 32.1. The van der Waals surface area contributed by atoms with Gasteiger partial charge in [0.25, 0.3) is 0 Å². The monoisotopic (exact) mass is 227 g/mol. The molecule has 84 valence electrons. The largest absolute Gasteiger partial charge is 0.351 e. The number of carbonyl (C=O) groups is 1. The Labute approximate surface area is 93.9 Å². The highest BCUT2D eigenvalue weighted by molar-refractivity contribution is 7.09. The van der Waals surface area contributed by atoms with E-state index in [1.165, 1.54) is 0 Å². The van der Waals surface area contributed by atoms with E-state index in [0.717, 1.165) is 24.1 Å². The number of aromatic nitrogens is 1. The average molecular weight is 227 g/mol. The lowest BCUT2D eigenvalue weighted by atomic mass is 10.2. The van der Waals surface area contributed by atoms with Gasteiger partial charge in [0.1, 0.15) is 0 Å². The summed E-state index contributed by atoms with van der Waals surface area (Å²) in [5.74, 6) is 0.112. The van der Waals surface area contributed by atoms with Gasteiger partial charge in [-0.15, -0.1) is 11.3 Å². The summed E-state index contributed by atoms with van der Waals surface area (Å²) in [5, 5.41) is 2.86. The van der Waals surface area contributed by atoms with Gasteiger partial charge in [-0.2, -0.15) is 0 Å². The SMILES string of the molecule is NCCCCCC(=O)NCc1cncs1. The van der Waals surface area contributed by atoms with Crippen LogP contribution in [0.1, 0.15) is 30.6 Å². The second-order valence-electron chi connectivity index (χ2n) is 3.34. The van der Waals surface area contributed by atoms with E-state index in [0.29, 0.717) is 19.5 Å². The normalized spacial score (nSPS) is 10.2. The van der Waals surface area contributed by atoms with E-state index >= 15 is 0 Å². The number of nitrogens with one attached hydrogen (secondary N) is 1. The molecule has 0 saturated heterocycles. The number of rotatable bonds is 7. The maximum absolute atomic E-state index is 11.3. The molecule has 15 heavy (non-hydrogen) atoms. The fraction of sp³-hybridized carbons (Fsp3) is 0.600. The van der Waals surface area contributed by atoms with Crippen molar-refractivity contribution in [2.45, 2.75) is 32.2 Å². The lowest BCUT2D eigenvalue weighted by Crippen LogP contribution is -2.21. The number of hydrogen-bond acceptors (Lipinski definition) is 4. The molecule has 0 bridgehead atoms. The molecule has 4 nitrogen and oxygen atoms in total. The number of amides is 1. The number of nitrogens with two attached hydrogens (primary N) is 1. The molecule has 0 aromatic carbocycles. The topological polar surface area (TPSA) is 68.0 Å². The van der Waals surface area contributed by atoms with Crippen LogP contribution in [0.2, 0.25) is 0 Å². The van der Waals surface area contributed by atoms with Crippen LogP contribution in [0.5, 0.6) is 0 Å². The molecule has 0 radical (unpaired) electrons. The smallest absolute Gasteiger partial charge is 0.220 e. The molecular formula is C10H17N3OS. The van der Waals surface area contributed by atoms with Crippen LogP contribution in [0.4, 0.5) is 0 Å². The highest BCUT2D eigenvalue weighted by Crippen LogP contribution is 2.05. The number of carbonyl (C=O) groups excluding carboxylic acids is 1. The molecule has 0 unspecified atom stereocenters. The van der Waals surface area contributed by atoms with Crippen molar-refractivity contribution in [1.82, 2.24) is 10.3 Å². The summed E-state index contributed by atoms with van der Waals surface area (Å²) >= 11 is 1.55. The Balaban J connectivity index is 2.04. The van der Waals surface area contributed by atoms with Crippen molar-refractivity contribution in [3.8, 4) is 0 Å². The fourth-order valence-electron chi connectivity index (χ4n) is 1.21. The lowest BCUT2D eigenvalue weighted by molar-refractivity contribution is -0.121. The maximum Gasteiger partial charge on any atom is 0.220 e. The molecule has 5 heteroatoms. The molecule has 0 atom stereocenters. The Morgan fingerprint density at radius 3 is 3.00 bits per heavy atom. The van der Waals surface area contributed by atoms with E-state index in [9.17, 15) is 4.79 Å². The molecule has 0 aliphatic heterocycles. The summed E-state index contributed by atoms with van der Waals surface area (Å²) in [6.07, 6.45) is 5.33. The number of thiazole rings is 1. The highest BCUT2D eigenvalue weighted by Gasteiger charge is 2.01. The molecule has 0 aliphatic carbocycles. The third kappa shape index (κ3) is 5.49. The van der Waals surface area contributed by atoms with Crippen LogP contribution in [-0.2, 0) is 11.3 Å². The van der Waals surface area contributed by atoms with Crippen molar-refractivity contribution < 1.29 is 4.79 Å². The van der Waals surface area contributed by atoms with Gasteiger partial charge >= 0.3 is 0 Å². The summed E-state index contributed by atoms with van der Waals surface area (Å²) in [7, 11) is 0. The minimum absolute atomic E-state index is 0.112. The molecule has 1 amide bonds. The summed E-state index contributed by atoms with van der Waals surface area (Å²) < 4.78 is 0. The molecule has 0 aliphatic rings. The van der Waals surface area contributed by atoms with E-state index in [2.05, 4.69) is 10.3 Å². The Kier molecular flexibility index (Phi) is 5.96. The quantitative estimate of drug-likeness (QED) is 0.689. The first-order chi connectivity index (χ1) is 7.33. The summed E-state index contributed by atoms with van der Waals surface area (Å²) in [4.78, 5) is 16.4. The Hall–Kier alpha value is -0.940. The molecular weight excluding hydrogens is 210 g/mol. The molecule has 1 rings (SSSR count). The summed E-state index contributed by atoms with van der Waals surface area (Å²) in [6, 6.07) is 0. The van der Waals surface area contributed by atoms with Gasteiger partial charge in [0.05, 0.1) is 12.1 Å². The van der Waals surface area contributed by atoms with Crippen LogP contribution in [0, 0.1) is 0 Å². The third-order valence-electron chi connectivity index (χ3n) is 2.05. The number of hydrogen-bond donors (Lipinski definition) is 2. The Morgan fingerprint density at radius 1 is 1.47 bits per heavy atom. The minimum Gasteiger partial charge on any atom is -0.351 e. The maximum atomic E-state index is 11.3. The molecule has 0 fully saturated rings. The van der Waals surface area contributed by atoms with Gasteiger partial charge in [0.15, 0.2) is 0 Å². The summed E-state index contributed by atoms with van der Waals surface area (Å²) in [5.41, 5.74) is 7.13. The van der Waals surface area contributed by atoms with Gasteiger partial charge in [0, 0.05) is 17.5 Å². The van der Waals surface area contributed by atoms with Crippen molar-refractivity contribution in [2.75, 3.05) is 6.54 Å². The van der Waals surface area contributed by atoms with E-state index in [-0.39, 0.29) is 5.91 Å². The van der Waals surface area contributed by atoms with Gasteiger partial charge in [-0.1, -0.05) is 6.42 Å². The van der Waals surface area contributed by atoms with Gasteiger partial charge in [0.2, 0.25) is 5.91 Å². The van der Waals surface area contributed by atoms with E-state index in [1.54, 1.807) is 23.0 Å². The van der Waals surface area contributed by atoms with Crippen LogP contribution >= 0.6 is 11.3 Å². The second-order valence-corrected chi connectivity index (χ2v) is 4.31. The molecule has 0 saturated carbocycles. The predicted octanol–water partition coefficient (Wildman–Crippen LogP) is 1.28. The Morgan fingerprint density at radius 2 is 2.33 bits per heavy atom. The van der Waals surface area contributed by atoms with Crippen molar-refractivity contribution in [3.63, 3.8) is 0 Å². The van der Waals surface area contributed by atoms with Crippen LogP contribution in [0.15, 0.2) is 11.7 Å². The fourth-order valence-corrected chi connectivity index (χ4v) is 1.74. The predicted molar refractivity (Wildman–Crippen MR) is 61.5 cm³/mol. The van der Waals surface area contributed by atoms with Crippen molar-refractivity contribution in [1.29, 1.82) is 0 Å². The van der Waals surface area contributed by atoms with Gasteiger partial charge in [-0.3, -0.25) is 9.78 Å². The van der Waals surface area contributed by atoms with Crippen LogP contribution in [0.25, 0.3) is 0 Å². The zero-order chi connectivity index (χ0) is 10.9. The van der Waals surface area contributed by atoms with E-state index in [4.69, 9.17) is 5.73 Å². The number of nitrogens with zero attached hydrogens (tertiary/aromatic N) is 1. The first-order valence-electron chi connectivity index (χ1n) is 5.17. The van der Waals surface area contributed by atoms with Crippen LogP contribution < -0.4 is 11.1 Å². The number of unbranched alkanes of at least 4 members (excludes halogenated alkanes) is 2. The Bertz CT molecular complexity index is 274. The van der Waals surface area contributed by atoms with Crippen molar-refractivity contribution >= 4 is 17.2 Å². The van der Waals surface area contributed by atoms with Gasteiger partial charge < -0.3 is 11.1 Å². The average Bonchev–Trinajstić information content (AvgIpc) is 2.74. The zero-order valence-electron chi connectivity index (χ0n) is 8.74. The summed E-state index contributed by atoms with van der Waals surface area (Å²) in [6.45, 7) is 1.31. The molecule has 0 spiro atoms. The van der Waals surface area contributed by atoms with E-state index < -0.39 is 0 Å². The second kappa shape index (κ2) is 7.36. The first-order valence-corrected chi connectivity index (χ1v) is 6.05. The molecule has 1 aromatic heterocycles. The van der Waals surface area contributed by atoms with E-state index in [1.807, 2.05) is 0 Å². The van der Waals surface area contributed by atoms with Gasteiger partial charge in [-0.05, 0) is 19.4 Å². The molecule has 1 aromatic rings. The lowest BCUT2D eigenvalue weighted by Gasteiger charge is -2.02. The van der Waals surface area contributed by atoms with Crippen LogP contribution in [0.3, 0.4) is 0 Å². The van der Waals surface area contributed by atoms with Gasteiger partial charge in [-0.25, -0.2) is 0 Å².